The zero-order chi connectivity index (χ0) is 7.82. The van der Waals surface area contributed by atoms with Crippen molar-refractivity contribution in [1.82, 2.24) is 5.32 Å². The van der Waals surface area contributed by atoms with Gasteiger partial charge in [0.05, 0.1) is 0 Å². The summed E-state index contributed by atoms with van der Waals surface area (Å²) in [6.45, 7) is 4.49. The quantitative estimate of drug-likeness (QED) is 0.438. The van der Waals surface area contributed by atoms with Gasteiger partial charge in [-0.05, 0) is 19.9 Å². The number of hydrogen-bond acceptors (Lipinski definition) is 1. The van der Waals surface area contributed by atoms with E-state index in [-0.39, 0.29) is 0 Å². The highest BCUT2D eigenvalue weighted by Crippen LogP contribution is 2.01. The van der Waals surface area contributed by atoms with Gasteiger partial charge in [0.25, 0.3) is 0 Å². The Bertz CT molecular complexity index is 62.3. The molecular formula is C8H20BN. The molecule has 0 rings (SSSR count). The smallest absolute Gasteiger partial charge is 0.120 e. The standard InChI is InChI=1S/C8H20BN/c1-4-8(10-3)6-7-9-5-2/h8-10H,4-7H2,1-3H3. The molecule has 0 aromatic carbocycles. The molecule has 1 nitrogen and oxygen atoms in total. The molecule has 2 heteroatoms. The van der Waals surface area contributed by atoms with Crippen LogP contribution in [0.1, 0.15) is 26.7 Å². The zero-order valence-corrected chi connectivity index (χ0v) is 7.61. The van der Waals surface area contributed by atoms with E-state index in [2.05, 4.69) is 26.2 Å². The lowest BCUT2D eigenvalue weighted by Gasteiger charge is -2.11. The maximum atomic E-state index is 3.31. The van der Waals surface area contributed by atoms with Crippen LogP contribution in [0.4, 0.5) is 0 Å². The Hall–Kier alpha value is 0.0249. The first kappa shape index (κ1) is 10.0. The van der Waals surface area contributed by atoms with Crippen LogP contribution < -0.4 is 5.32 Å². The molecule has 0 fully saturated rings. The maximum absolute atomic E-state index is 3.31. The number of nitrogens with one attached hydrogen (secondary N) is 1. The summed E-state index contributed by atoms with van der Waals surface area (Å²) in [7, 11) is 3.44. The van der Waals surface area contributed by atoms with Gasteiger partial charge in [0, 0.05) is 6.04 Å². The van der Waals surface area contributed by atoms with Crippen LogP contribution >= 0.6 is 0 Å². The van der Waals surface area contributed by atoms with Crippen LogP contribution in [0.5, 0.6) is 0 Å². The average molecular weight is 141 g/mol. The molecule has 0 spiro atoms. The van der Waals surface area contributed by atoms with E-state index in [4.69, 9.17) is 0 Å². The molecule has 0 aliphatic heterocycles. The monoisotopic (exact) mass is 141 g/mol. The fraction of sp³-hybridized carbons (Fsp3) is 1.00. The van der Waals surface area contributed by atoms with Gasteiger partial charge >= 0.3 is 0 Å². The van der Waals surface area contributed by atoms with Crippen molar-refractivity contribution in [2.45, 2.75) is 45.4 Å². The van der Waals surface area contributed by atoms with E-state index in [1.54, 1.807) is 0 Å². The van der Waals surface area contributed by atoms with Crippen LogP contribution in [0.3, 0.4) is 0 Å². The van der Waals surface area contributed by atoms with Gasteiger partial charge in [-0.2, -0.15) is 0 Å². The van der Waals surface area contributed by atoms with E-state index >= 15 is 0 Å². The second-order valence-electron chi connectivity index (χ2n) is 2.89. The first-order chi connectivity index (χ1) is 4.85. The van der Waals surface area contributed by atoms with E-state index < -0.39 is 0 Å². The molecule has 0 bridgehead atoms. The fourth-order valence-electron chi connectivity index (χ4n) is 1.19. The van der Waals surface area contributed by atoms with Gasteiger partial charge in [-0.1, -0.05) is 26.5 Å². The molecule has 0 saturated carbocycles. The van der Waals surface area contributed by atoms with Crippen LogP contribution in [0, 0.1) is 0 Å². The van der Waals surface area contributed by atoms with Gasteiger partial charge in [-0.15, -0.1) is 0 Å². The van der Waals surface area contributed by atoms with Crippen molar-refractivity contribution >= 4 is 7.28 Å². The third kappa shape index (κ3) is 4.86. The molecule has 0 aliphatic rings. The van der Waals surface area contributed by atoms with Crippen LogP contribution in [0.2, 0.25) is 12.6 Å². The van der Waals surface area contributed by atoms with E-state index in [0.29, 0.717) is 0 Å². The Labute approximate surface area is 65.8 Å². The summed E-state index contributed by atoms with van der Waals surface area (Å²) in [5.74, 6) is 0. The molecule has 60 valence electrons. The third-order valence-corrected chi connectivity index (χ3v) is 2.06. The number of rotatable bonds is 6. The molecule has 0 amide bonds. The van der Waals surface area contributed by atoms with Crippen LogP contribution in [0.15, 0.2) is 0 Å². The van der Waals surface area contributed by atoms with Crippen LogP contribution in [-0.4, -0.2) is 20.4 Å². The van der Waals surface area contributed by atoms with Gasteiger partial charge in [-0.25, -0.2) is 0 Å². The van der Waals surface area contributed by atoms with Crippen molar-refractivity contribution in [1.29, 1.82) is 0 Å². The van der Waals surface area contributed by atoms with Gasteiger partial charge in [0.1, 0.15) is 7.28 Å². The van der Waals surface area contributed by atoms with E-state index in [0.717, 1.165) is 6.04 Å². The van der Waals surface area contributed by atoms with E-state index in [1.807, 2.05) is 0 Å². The highest BCUT2D eigenvalue weighted by molar-refractivity contribution is 6.35. The predicted octanol–water partition coefficient (Wildman–Crippen LogP) is 1.67. The van der Waals surface area contributed by atoms with Crippen molar-refractivity contribution < 1.29 is 0 Å². The predicted molar refractivity (Wildman–Crippen MR) is 50.2 cm³/mol. The van der Waals surface area contributed by atoms with E-state index in [1.165, 1.54) is 32.8 Å². The molecule has 0 aromatic rings. The number of hydrogen-bond donors (Lipinski definition) is 1. The van der Waals surface area contributed by atoms with Gasteiger partial charge in [-0.3, -0.25) is 0 Å². The molecule has 0 aliphatic carbocycles. The highest BCUT2D eigenvalue weighted by atomic mass is 14.9. The highest BCUT2D eigenvalue weighted by Gasteiger charge is 2.00. The minimum Gasteiger partial charge on any atom is -0.317 e. The largest absolute Gasteiger partial charge is 0.317 e. The Morgan fingerprint density at radius 3 is 2.50 bits per heavy atom. The molecule has 0 heterocycles. The first-order valence-corrected chi connectivity index (χ1v) is 4.52. The minimum atomic E-state index is 0.756. The Kier molecular flexibility index (Phi) is 7.15. The van der Waals surface area contributed by atoms with Gasteiger partial charge < -0.3 is 5.32 Å². The van der Waals surface area contributed by atoms with Gasteiger partial charge in [0.15, 0.2) is 0 Å². The molecule has 1 unspecified atom stereocenters. The zero-order valence-electron chi connectivity index (χ0n) is 7.61. The van der Waals surface area contributed by atoms with Crippen molar-refractivity contribution in [3.05, 3.63) is 0 Å². The fourth-order valence-corrected chi connectivity index (χ4v) is 1.19. The second-order valence-corrected chi connectivity index (χ2v) is 2.89. The molecule has 0 radical (unpaired) electrons. The minimum absolute atomic E-state index is 0.756. The molecule has 0 saturated heterocycles. The lowest BCUT2D eigenvalue weighted by atomic mass is 9.70. The SMILES string of the molecule is CCBCCC(CC)NC. The van der Waals surface area contributed by atoms with Crippen LogP contribution in [-0.2, 0) is 0 Å². The van der Waals surface area contributed by atoms with Crippen molar-refractivity contribution in [2.24, 2.45) is 0 Å². The Balaban J connectivity index is 3.09. The van der Waals surface area contributed by atoms with E-state index in [9.17, 15) is 0 Å². The summed E-state index contributed by atoms with van der Waals surface area (Å²) < 4.78 is 0. The third-order valence-electron chi connectivity index (χ3n) is 2.06. The summed E-state index contributed by atoms with van der Waals surface area (Å²) >= 11 is 0. The lowest BCUT2D eigenvalue weighted by molar-refractivity contribution is 0.530. The Morgan fingerprint density at radius 2 is 2.10 bits per heavy atom. The molecule has 10 heavy (non-hydrogen) atoms. The summed E-state index contributed by atoms with van der Waals surface area (Å²) in [5.41, 5.74) is 0. The normalized spacial score (nSPS) is 13.1. The van der Waals surface area contributed by atoms with Crippen molar-refractivity contribution in [3.63, 3.8) is 0 Å². The molecule has 1 atom stereocenters. The van der Waals surface area contributed by atoms with Crippen molar-refractivity contribution in [3.8, 4) is 0 Å². The summed E-state index contributed by atoms with van der Waals surface area (Å²) in [4.78, 5) is 0. The topological polar surface area (TPSA) is 12.0 Å². The maximum Gasteiger partial charge on any atom is 0.120 e. The summed E-state index contributed by atoms with van der Waals surface area (Å²) in [6.07, 6.45) is 5.33. The lowest BCUT2D eigenvalue weighted by Crippen LogP contribution is -2.24. The van der Waals surface area contributed by atoms with Crippen molar-refractivity contribution in [2.75, 3.05) is 7.05 Å². The summed E-state index contributed by atoms with van der Waals surface area (Å²) in [5, 5.41) is 3.31. The second kappa shape index (κ2) is 7.14. The Morgan fingerprint density at radius 1 is 1.40 bits per heavy atom. The molecule has 0 aromatic heterocycles. The summed E-state index contributed by atoms with van der Waals surface area (Å²) in [6, 6.07) is 0.756. The molecular weight excluding hydrogens is 121 g/mol. The average Bonchev–Trinajstić information content (AvgIpc) is 1.99. The first-order valence-electron chi connectivity index (χ1n) is 4.52. The van der Waals surface area contributed by atoms with Gasteiger partial charge in [0.2, 0.25) is 0 Å². The van der Waals surface area contributed by atoms with Crippen LogP contribution in [0.25, 0.3) is 0 Å². The molecule has 1 N–H and O–H groups in total.